The van der Waals surface area contributed by atoms with Crippen molar-refractivity contribution in [2.45, 2.75) is 43.7 Å². The molecule has 3 N–H and O–H groups in total. The molecule has 0 spiro atoms. The number of rotatable bonds is 11. The van der Waals surface area contributed by atoms with E-state index >= 15 is 0 Å². The summed E-state index contributed by atoms with van der Waals surface area (Å²) in [5, 5.41) is 9.01. The fraction of sp³-hybridized carbons (Fsp3) is 0.344. The Morgan fingerprint density at radius 3 is 2.40 bits per heavy atom. The summed E-state index contributed by atoms with van der Waals surface area (Å²) in [6.07, 6.45) is 1.17. The maximum absolute atomic E-state index is 13.5. The van der Waals surface area contributed by atoms with Gasteiger partial charge in [-0.2, -0.15) is 0 Å². The minimum absolute atomic E-state index is 0.202. The standard InChI is InChI=1S/C32H37N3O6S/c1-19(32(38)33-15-16-42-22-9-7-6-8-10-22)34-26-14-12-23-24(18-27(26)37)25(35-20(2)36)13-11-21-17-28(39-3)30(40-4)31(41-5)29(21)23/h6-10,12,14,17-19,25H,11,13,15-16H2,1-5H3,(H,33,38)(H,34,37)(H,35,36)/t19-,25-/m0/s1. The molecule has 9 nitrogen and oxygen atoms in total. The van der Waals surface area contributed by atoms with Crippen LogP contribution in [0.2, 0.25) is 0 Å². The third-order valence-electron chi connectivity index (χ3n) is 7.09. The number of benzene rings is 2. The van der Waals surface area contributed by atoms with Crippen LogP contribution >= 0.6 is 11.8 Å². The van der Waals surface area contributed by atoms with Gasteiger partial charge in [0, 0.05) is 29.7 Å². The molecule has 0 bridgehead atoms. The molecular formula is C32H37N3O6S. The summed E-state index contributed by atoms with van der Waals surface area (Å²) in [5.41, 5.74) is 3.05. The Hall–Kier alpha value is -4.18. The van der Waals surface area contributed by atoms with E-state index in [2.05, 4.69) is 16.0 Å². The zero-order chi connectivity index (χ0) is 30.2. The first-order valence-electron chi connectivity index (χ1n) is 13.8. The van der Waals surface area contributed by atoms with Gasteiger partial charge in [0.15, 0.2) is 11.5 Å². The summed E-state index contributed by atoms with van der Waals surface area (Å²) in [4.78, 5) is 39.6. The second kappa shape index (κ2) is 14.1. The van der Waals surface area contributed by atoms with E-state index in [1.807, 2.05) is 42.5 Å². The van der Waals surface area contributed by atoms with Gasteiger partial charge in [-0.05, 0) is 66.8 Å². The van der Waals surface area contributed by atoms with Crippen molar-refractivity contribution in [1.29, 1.82) is 0 Å². The molecule has 2 amide bonds. The van der Waals surface area contributed by atoms with Gasteiger partial charge in [0.25, 0.3) is 0 Å². The number of thioether (sulfide) groups is 1. The van der Waals surface area contributed by atoms with Crippen molar-refractivity contribution in [1.82, 2.24) is 10.6 Å². The van der Waals surface area contributed by atoms with Gasteiger partial charge in [0.1, 0.15) is 6.04 Å². The predicted octanol–water partition coefficient (Wildman–Crippen LogP) is 4.57. The average molecular weight is 592 g/mol. The van der Waals surface area contributed by atoms with Gasteiger partial charge in [-0.15, -0.1) is 11.8 Å². The topological polar surface area (TPSA) is 115 Å². The Bertz CT molecular complexity index is 1500. The van der Waals surface area contributed by atoms with Gasteiger partial charge in [-0.1, -0.05) is 24.3 Å². The number of fused-ring (bicyclic) bond motifs is 3. The molecule has 222 valence electrons. The number of anilines is 1. The van der Waals surface area contributed by atoms with Gasteiger partial charge >= 0.3 is 0 Å². The number of carbonyl (C=O) groups is 2. The summed E-state index contributed by atoms with van der Waals surface area (Å²) >= 11 is 1.66. The van der Waals surface area contributed by atoms with Crippen LogP contribution in [-0.4, -0.2) is 51.5 Å². The van der Waals surface area contributed by atoms with Crippen molar-refractivity contribution < 1.29 is 23.8 Å². The molecule has 3 aromatic carbocycles. The van der Waals surface area contributed by atoms with Crippen LogP contribution in [0.1, 0.15) is 37.4 Å². The molecule has 0 unspecified atom stereocenters. The van der Waals surface area contributed by atoms with E-state index in [0.29, 0.717) is 42.2 Å². The minimum Gasteiger partial charge on any atom is -0.493 e. The summed E-state index contributed by atoms with van der Waals surface area (Å²) in [7, 11) is 4.66. The lowest BCUT2D eigenvalue weighted by Crippen LogP contribution is -2.39. The van der Waals surface area contributed by atoms with Crippen molar-refractivity contribution in [3.05, 3.63) is 75.9 Å². The fourth-order valence-corrected chi connectivity index (χ4v) is 5.93. The van der Waals surface area contributed by atoms with E-state index in [1.54, 1.807) is 46.1 Å². The normalized spacial score (nSPS) is 14.4. The minimum atomic E-state index is -0.654. The fourth-order valence-electron chi connectivity index (χ4n) is 5.14. The molecule has 42 heavy (non-hydrogen) atoms. The summed E-state index contributed by atoms with van der Waals surface area (Å²) in [5.74, 6) is 1.75. The van der Waals surface area contributed by atoms with Gasteiger partial charge in [0.2, 0.25) is 23.0 Å². The van der Waals surface area contributed by atoms with Crippen LogP contribution in [0, 0.1) is 0 Å². The third kappa shape index (κ3) is 6.99. The second-order valence-electron chi connectivity index (χ2n) is 9.91. The number of aryl methyl sites for hydroxylation is 1. The number of hydrogen-bond acceptors (Lipinski definition) is 8. The lowest BCUT2D eigenvalue weighted by molar-refractivity contribution is -0.121. The highest BCUT2D eigenvalue weighted by Crippen LogP contribution is 2.50. The SMILES string of the molecule is COc1cc2c(c(OC)c1OC)-c1ccc(N[C@@H](C)C(=O)NCCSc3ccccc3)c(=O)cc1[C@@H](NC(C)=O)CC2. The molecule has 0 aromatic heterocycles. The number of methoxy groups -OCH3 is 3. The lowest BCUT2D eigenvalue weighted by atomic mass is 9.95. The van der Waals surface area contributed by atoms with E-state index in [4.69, 9.17) is 14.2 Å². The molecular weight excluding hydrogens is 554 g/mol. The molecule has 0 saturated heterocycles. The van der Waals surface area contributed by atoms with Crippen LogP contribution in [0.3, 0.4) is 0 Å². The monoisotopic (exact) mass is 591 g/mol. The van der Waals surface area contributed by atoms with Crippen molar-refractivity contribution >= 4 is 29.3 Å². The van der Waals surface area contributed by atoms with Crippen LogP contribution in [0.15, 0.2) is 64.3 Å². The highest BCUT2D eigenvalue weighted by molar-refractivity contribution is 7.99. The van der Waals surface area contributed by atoms with E-state index < -0.39 is 12.1 Å². The third-order valence-corrected chi connectivity index (χ3v) is 8.11. The number of amides is 2. The van der Waals surface area contributed by atoms with Crippen molar-refractivity contribution in [3.8, 4) is 28.4 Å². The zero-order valence-corrected chi connectivity index (χ0v) is 25.4. The largest absolute Gasteiger partial charge is 0.493 e. The van der Waals surface area contributed by atoms with Crippen LogP contribution in [0.4, 0.5) is 5.69 Å². The zero-order valence-electron chi connectivity index (χ0n) is 24.5. The maximum Gasteiger partial charge on any atom is 0.242 e. The molecule has 0 fully saturated rings. The number of carbonyl (C=O) groups excluding carboxylic acids is 2. The molecule has 0 heterocycles. The van der Waals surface area contributed by atoms with Crippen molar-refractivity contribution in [2.75, 3.05) is 38.9 Å². The second-order valence-corrected chi connectivity index (χ2v) is 11.1. The van der Waals surface area contributed by atoms with Gasteiger partial charge < -0.3 is 30.2 Å². The average Bonchev–Trinajstić information content (AvgIpc) is 3.23. The van der Waals surface area contributed by atoms with Crippen molar-refractivity contribution in [2.24, 2.45) is 0 Å². The van der Waals surface area contributed by atoms with E-state index in [0.717, 1.165) is 27.3 Å². The van der Waals surface area contributed by atoms with E-state index in [9.17, 15) is 14.4 Å². The number of nitrogens with one attached hydrogen (secondary N) is 3. The lowest BCUT2D eigenvalue weighted by Gasteiger charge is -2.19. The highest BCUT2D eigenvalue weighted by atomic mass is 32.2. The molecule has 4 rings (SSSR count). The summed E-state index contributed by atoms with van der Waals surface area (Å²) in [6.45, 7) is 3.66. The number of ether oxygens (including phenoxy) is 3. The van der Waals surface area contributed by atoms with Gasteiger partial charge in [-0.3, -0.25) is 14.4 Å². The molecule has 2 atom stereocenters. The molecule has 0 radical (unpaired) electrons. The predicted molar refractivity (Wildman–Crippen MR) is 166 cm³/mol. The quantitative estimate of drug-likeness (QED) is 0.220. The van der Waals surface area contributed by atoms with E-state index in [1.165, 1.54) is 13.0 Å². The highest BCUT2D eigenvalue weighted by Gasteiger charge is 2.29. The van der Waals surface area contributed by atoms with Crippen LogP contribution in [-0.2, 0) is 16.0 Å². The van der Waals surface area contributed by atoms with Crippen LogP contribution < -0.4 is 35.6 Å². The molecule has 1 aliphatic rings. The van der Waals surface area contributed by atoms with Crippen LogP contribution in [0.25, 0.3) is 11.1 Å². The maximum atomic E-state index is 13.5. The Morgan fingerprint density at radius 1 is 1.00 bits per heavy atom. The smallest absolute Gasteiger partial charge is 0.242 e. The Morgan fingerprint density at radius 2 is 1.74 bits per heavy atom. The first-order chi connectivity index (χ1) is 20.3. The molecule has 0 aliphatic heterocycles. The molecule has 10 heteroatoms. The Labute approximate surface area is 250 Å². The molecule has 0 saturated carbocycles. The summed E-state index contributed by atoms with van der Waals surface area (Å²) < 4.78 is 17.0. The van der Waals surface area contributed by atoms with Crippen LogP contribution in [0.5, 0.6) is 17.2 Å². The summed E-state index contributed by atoms with van der Waals surface area (Å²) in [6, 6.07) is 15.9. The van der Waals surface area contributed by atoms with E-state index in [-0.39, 0.29) is 22.9 Å². The first-order valence-corrected chi connectivity index (χ1v) is 14.8. The van der Waals surface area contributed by atoms with Gasteiger partial charge in [0.05, 0.1) is 33.1 Å². The molecule has 3 aromatic rings. The van der Waals surface area contributed by atoms with Crippen molar-refractivity contribution in [3.63, 3.8) is 0 Å². The first kappa shape index (κ1) is 30.8. The molecule has 1 aliphatic carbocycles. The van der Waals surface area contributed by atoms with Gasteiger partial charge in [-0.25, -0.2) is 0 Å². The number of hydrogen-bond donors (Lipinski definition) is 3. The Kier molecular flexibility index (Phi) is 10.4. The Balaban J connectivity index is 1.65.